The molecule has 3 aromatic rings. The number of pyridine rings is 1. The molecular weight excluding hydrogens is 336 g/mol. The Morgan fingerprint density at radius 1 is 1.00 bits per heavy atom. The van der Waals surface area contributed by atoms with Crippen LogP contribution in [0.4, 0.5) is 0 Å². The van der Waals surface area contributed by atoms with Gasteiger partial charge in [-0.2, -0.15) is 0 Å². The largest absolute Gasteiger partial charge is 0.340 e. The molecule has 1 amide bonds. The second-order valence-electron chi connectivity index (χ2n) is 6.87. The van der Waals surface area contributed by atoms with Crippen LogP contribution in [0, 0.1) is 0 Å². The van der Waals surface area contributed by atoms with Crippen molar-refractivity contribution in [3.8, 4) is 0 Å². The predicted octanol–water partition coefficient (Wildman–Crippen LogP) is 2.73. The first kappa shape index (κ1) is 17.5. The molecule has 138 valence electrons. The number of fused-ring (bicyclic) bond motifs is 1. The summed E-state index contributed by atoms with van der Waals surface area (Å²) in [6.45, 7) is 4.31. The number of hydrogen-bond acceptors (Lipinski definition) is 3. The Morgan fingerprint density at radius 3 is 2.56 bits per heavy atom. The summed E-state index contributed by atoms with van der Waals surface area (Å²) in [6, 6.07) is 16.2. The van der Waals surface area contributed by atoms with Crippen LogP contribution in [0.5, 0.6) is 0 Å². The highest BCUT2D eigenvalue weighted by molar-refractivity contribution is 5.78. The van der Waals surface area contributed by atoms with Crippen molar-refractivity contribution >= 4 is 17.6 Å². The van der Waals surface area contributed by atoms with Gasteiger partial charge in [0.2, 0.25) is 5.91 Å². The number of nitrogens with zero attached hydrogens (tertiary/aromatic N) is 4. The Hall–Kier alpha value is -2.92. The Kier molecular flexibility index (Phi) is 5.30. The topological polar surface area (TPSA) is 40.9 Å². The quantitative estimate of drug-likeness (QED) is 0.702. The van der Waals surface area contributed by atoms with Crippen molar-refractivity contribution in [1.29, 1.82) is 0 Å². The van der Waals surface area contributed by atoms with Crippen LogP contribution in [-0.4, -0.2) is 57.8 Å². The normalized spacial score (nSPS) is 15.6. The van der Waals surface area contributed by atoms with Crippen LogP contribution in [0.2, 0.25) is 0 Å². The van der Waals surface area contributed by atoms with Crippen LogP contribution in [-0.2, 0) is 11.2 Å². The van der Waals surface area contributed by atoms with Gasteiger partial charge in [0.25, 0.3) is 0 Å². The summed E-state index contributed by atoms with van der Waals surface area (Å²) in [6.07, 6.45) is 8.62. The molecule has 5 heteroatoms. The molecule has 1 aliphatic rings. The molecule has 0 saturated carbocycles. The number of hydrogen-bond donors (Lipinski definition) is 0. The third-order valence-corrected chi connectivity index (χ3v) is 4.94. The second-order valence-corrected chi connectivity index (χ2v) is 6.87. The maximum atomic E-state index is 12.6. The highest BCUT2D eigenvalue weighted by Crippen LogP contribution is 2.09. The van der Waals surface area contributed by atoms with E-state index in [-0.39, 0.29) is 5.91 Å². The molecule has 27 heavy (non-hydrogen) atoms. The highest BCUT2D eigenvalue weighted by Gasteiger charge is 2.21. The lowest BCUT2D eigenvalue weighted by Crippen LogP contribution is -2.49. The van der Waals surface area contributed by atoms with Gasteiger partial charge >= 0.3 is 0 Å². The van der Waals surface area contributed by atoms with Crippen molar-refractivity contribution in [2.75, 3.05) is 32.7 Å². The maximum absolute atomic E-state index is 12.6. The number of carbonyl (C=O) groups excluding carboxylic acids is 1. The maximum Gasteiger partial charge on any atom is 0.228 e. The third-order valence-electron chi connectivity index (χ3n) is 4.94. The van der Waals surface area contributed by atoms with Gasteiger partial charge in [-0.15, -0.1) is 0 Å². The fraction of sp³-hybridized carbons (Fsp3) is 0.273. The van der Waals surface area contributed by atoms with E-state index in [0.29, 0.717) is 6.42 Å². The monoisotopic (exact) mass is 360 g/mol. The number of carbonyl (C=O) groups is 1. The summed E-state index contributed by atoms with van der Waals surface area (Å²) in [5.41, 5.74) is 2.94. The van der Waals surface area contributed by atoms with E-state index in [0.717, 1.165) is 44.1 Å². The zero-order valence-electron chi connectivity index (χ0n) is 15.4. The summed E-state index contributed by atoms with van der Waals surface area (Å²) < 4.78 is 1.96. The molecule has 1 fully saturated rings. The first-order chi connectivity index (χ1) is 13.3. The van der Waals surface area contributed by atoms with Gasteiger partial charge in [-0.25, -0.2) is 4.98 Å². The fourth-order valence-electron chi connectivity index (χ4n) is 3.42. The molecule has 0 bridgehead atoms. The lowest BCUT2D eigenvalue weighted by molar-refractivity contribution is -0.132. The van der Waals surface area contributed by atoms with Crippen molar-refractivity contribution < 1.29 is 4.79 Å². The molecule has 3 heterocycles. The van der Waals surface area contributed by atoms with E-state index in [1.165, 1.54) is 5.56 Å². The molecule has 1 aromatic carbocycles. The van der Waals surface area contributed by atoms with Crippen molar-refractivity contribution in [2.45, 2.75) is 6.42 Å². The van der Waals surface area contributed by atoms with E-state index in [9.17, 15) is 4.79 Å². The predicted molar refractivity (Wildman–Crippen MR) is 107 cm³/mol. The Balaban J connectivity index is 1.26. The first-order valence-corrected chi connectivity index (χ1v) is 9.42. The van der Waals surface area contributed by atoms with Gasteiger partial charge in [-0.05, 0) is 17.7 Å². The molecule has 0 unspecified atom stereocenters. The van der Waals surface area contributed by atoms with Crippen molar-refractivity contribution in [2.24, 2.45) is 0 Å². The number of piperazine rings is 1. The standard InChI is InChI=1S/C22H24N4O/c27-22(17-20-18-26-12-5-4-10-21(26)23-20)25-15-13-24(14-16-25)11-6-9-19-7-2-1-3-8-19/h1-10,12,18H,11,13-17H2/b9-6+. The molecular formula is C22H24N4O. The summed E-state index contributed by atoms with van der Waals surface area (Å²) in [7, 11) is 0. The highest BCUT2D eigenvalue weighted by atomic mass is 16.2. The van der Waals surface area contributed by atoms with Gasteiger partial charge in [-0.1, -0.05) is 48.6 Å². The summed E-state index contributed by atoms with van der Waals surface area (Å²) in [5.74, 6) is 0.165. The molecule has 1 aliphatic heterocycles. The van der Waals surface area contributed by atoms with Crippen molar-refractivity contribution in [3.05, 3.63) is 78.3 Å². The number of aromatic nitrogens is 2. The van der Waals surface area contributed by atoms with E-state index in [1.807, 2.05) is 58.1 Å². The molecule has 0 spiro atoms. The molecule has 2 aromatic heterocycles. The SMILES string of the molecule is O=C(Cc1cn2ccccc2n1)N1CCN(C/C=C/c2ccccc2)CC1. The molecule has 4 rings (SSSR count). The van der Waals surface area contributed by atoms with Gasteiger partial charge in [-0.3, -0.25) is 9.69 Å². The van der Waals surface area contributed by atoms with E-state index in [2.05, 4.69) is 34.2 Å². The minimum absolute atomic E-state index is 0.165. The Bertz CT molecular complexity index is 891. The number of benzene rings is 1. The Labute approximate surface area is 159 Å². The lowest BCUT2D eigenvalue weighted by atomic mass is 10.2. The zero-order valence-corrected chi connectivity index (χ0v) is 15.4. The lowest BCUT2D eigenvalue weighted by Gasteiger charge is -2.34. The number of amides is 1. The molecule has 5 nitrogen and oxygen atoms in total. The summed E-state index contributed by atoms with van der Waals surface area (Å²) in [5, 5.41) is 0. The van der Waals surface area contributed by atoms with Gasteiger partial charge in [0.05, 0.1) is 12.1 Å². The van der Waals surface area contributed by atoms with Gasteiger partial charge in [0, 0.05) is 45.1 Å². The van der Waals surface area contributed by atoms with E-state index < -0.39 is 0 Å². The van der Waals surface area contributed by atoms with Crippen LogP contribution in [0.15, 0.2) is 67.0 Å². The van der Waals surface area contributed by atoms with Crippen LogP contribution in [0.25, 0.3) is 11.7 Å². The Morgan fingerprint density at radius 2 is 1.78 bits per heavy atom. The van der Waals surface area contributed by atoms with Crippen molar-refractivity contribution in [3.63, 3.8) is 0 Å². The van der Waals surface area contributed by atoms with E-state index in [1.54, 1.807) is 0 Å². The zero-order chi connectivity index (χ0) is 18.5. The van der Waals surface area contributed by atoms with Crippen LogP contribution in [0.1, 0.15) is 11.3 Å². The molecule has 0 aliphatic carbocycles. The van der Waals surface area contributed by atoms with Gasteiger partial charge < -0.3 is 9.30 Å². The summed E-state index contributed by atoms with van der Waals surface area (Å²) in [4.78, 5) is 21.5. The van der Waals surface area contributed by atoms with E-state index in [4.69, 9.17) is 0 Å². The summed E-state index contributed by atoms with van der Waals surface area (Å²) >= 11 is 0. The number of rotatable bonds is 5. The van der Waals surface area contributed by atoms with Crippen LogP contribution < -0.4 is 0 Å². The average Bonchev–Trinajstić information content (AvgIpc) is 3.11. The minimum atomic E-state index is 0.165. The molecule has 0 radical (unpaired) electrons. The molecule has 1 saturated heterocycles. The second kappa shape index (κ2) is 8.18. The molecule has 0 atom stereocenters. The smallest absolute Gasteiger partial charge is 0.228 e. The number of imidazole rings is 1. The van der Waals surface area contributed by atoms with E-state index >= 15 is 0 Å². The third kappa shape index (κ3) is 4.44. The average molecular weight is 360 g/mol. The van der Waals surface area contributed by atoms with Gasteiger partial charge in [0.1, 0.15) is 5.65 Å². The fourth-order valence-corrected chi connectivity index (χ4v) is 3.42. The van der Waals surface area contributed by atoms with Crippen LogP contribution in [0.3, 0.4) is 0 Å². The van der Waals surface area contributed by atoms with Crippen molar-refractivity contribution in [1.82, 2.24) is 19.2 Å². The molecule has 0 N–H and O–H groups in total. The first-order valence-electron chi connectivity index (χ1n) is 9.42. The minimum Gasteiger partial charge on any atom is -0.340 e. The van der Waals surface area contributed by atoms with Crippen LogP contribution >= 0.6 is 0 Å². The van der Waals surface area contributed by atoms with Gasteiger partial charge in [0.15, 0.2) is 0 Å².